The molecule has 5 nitrogen and oxygen atoms in total. The number of ether oxygens (including phenoxy) is 2. The number of hydrogen-bond donors (Lipinski definition) is 0. The van der Waals surface area contributed by atoms with E-state index >= 15 is 0 Å². The SMILES string of the molecule is Cc1noc(C)c1CN1CC[C@]2(C[C@@H](OCC3CC3)CO2)C1. The lowest BCUT2D eigenvalue weighted by Crippen LogP contribution is -2.33. The van der Waals surface area contributed by atoms with Crippen LogP contribution < -0.4 is 0 Å². The van der Waals surface area contributed by atoms with Gasteiger partial charge in [0.1, 0.15) is 5.76 Å². The quantitative estimate of drug-likeness (QED) is 0.836. The minimum Gasteiger partial charge on any atom is -0.375 e. The first-order valence-corrected chi connectivity index (χ1v) is 8.53. The maximum absolute atomic E-state index is 6.17. The molecule has 1 spiro atoms. The number of aromatic nitrogens is 1. The Balaban J connectivity index is 1.32. The van der Waals surface area contributed by atoms with E-state index in [0.29, 0.717) is 6.10 Å². The maximum Gasteiger partial charge on any atom is 0.138 e. The van der Waals surface area contributed by atoms with Gasteiger partial charge in [0.15, 0.2) is 0 Å². The van der Waals surface area contributed by atoms with E-state index in [9.17, 15) is 0 Å². The summed E-state index contributed by atoms with van der Waals surface area (Å²) in [5, 5.41) is 4.05. The molecule has 0 bridgehead atoms. The average Bonchev–Trinajstić information content (AvgIpc) is 3.02. The standard InChI is InChI=1S/C17H26N2O3/c1-12-16(13(2)22-18-12)8-19-6-5-17(11-19)7-15(10-21-17)20-9-14-3-4-14/h14-15H,3-11H2,1-2H3/t15-,17+/m1/s1. The molecule has 4 rings (SSSR count). The summed E-state index contributed by atoms with van der Waals surface area (Å²) in [6, 6.07) is 0. The molecule has 2 atom stereocenters. The third-order valence-corrected chi connectivity index (χ3v) is 5.40. The number of aryl methyl sites for hydroxylation is 2. The predicted octanol–water partition coefficient (Wildman–Crippen LogP) is 2.45. The second-order valence-corrected chi connectivity index (χ2v) is 7.36. The van der Waals surface area contributed by atoms with Gasteiger partial charge in [-0.15, -0.1) is 0 Å². The highest BCUT2D eigenvalue weighted by atomic mass is 16.6. The van der Waals surface area contributed by atoms with Crippen LogP contribution in [0.4, 0.5) is 0 Å². The minimum absolute atomic E-state index is 0.0210. The van der Waals surface area contributed by atoms with Crippen LogP contribution in [0.1, 0.15) is 42.7 Å². The fraction of sp³-hybridized carbons (Fsp3) is 0.824. The van der Waals surface area contributed by atoms with Crippen molar-refractivity contribution in [1.29, 1.82) is 0 Å². The predicted molar refractivity (Wildman–Crippen MR) is 81.6 cm³/mol. The van der Waals surface area contributed by atoms with Crippen LogP contribution in [-0.2, 0) is 16.0 Å². The van der Waals surface area contributed by atoms with Crippen molar-refractivity contribution in [3.63, 3.8) is 0 Å². The lowest BCUT2D eigenvalue weighted by molar-refractivity contribution is 0.000828. The molecule has 0 radical (unpaired) electrons. The van der Waals surface area contributed by atoms with Crippen LogP contribution in [-0.4, -0.2) is 48.1 Å². The molecule has 5 heteroatoms. The highest BCUT2D eigenvalue weighted by Crippen LogP contribution is 2.38. The van der Waals surface area contributed by atoms with Gasteiger partial charge in [0.25, 0.3) is 0 Å². The van der Waals surface area contributed by atoms with Crippen LogP contribution in [0.15, 0.2) is 4.52 Å². The van der Waals surface area contributed by atoms with E-state index in [1.165, 1.54) is 18.4 Å². The molecule has 1 aliphatic carbocycles. The molecule has 22 heavy (non-hydrogen) atoms. The summed E-state index contributed by atoms with van der Waals surface area (Å²) in [7, 11) is 0. The van der Waals surface area contributed by atoms with Crippen molar-refractivity contribution < 1.29 is 14.0 Å². The Kier molecular flexibility index (Phi) is 3.75. The van der Waals surface area contributed by atoms with E-state index in [4.69, 9.17) is 14.0 Å². The molecule has 2 aliphatic heterocycles. The minimum atomic E-state index is 0.0210. The molecule has 1 aromatic heterocycles. The maximum atomic E-state index is 6.17. The molecule has 1 aromatic rings. The molecule has 0 aromatic carbocycles. The van der Waals surface area contributed by atoms with Gasteiger partial charge >= 0.3 is 0 Å². The van der Waals surface area contributed by atoms with Crippen molar-refractivity contribution in [2.75, 3.05) is 26.3 Å². The fourth-order valence-corrected chi connectivity index (χ4v) is 3.76. The highest BCUT2D eigenvalue weighted by Gasteiger charge is 2.46. The molecule has 3 aliphatic rings. The van der Waals surface area contributed by atoms with Crippen LogP contribution in [0.3, 0.4) is 0 Å². The molecular formula is C17H26N2O3. The second kappa shape index (κ2) is 5.62. The second-order valence-electron chi connectivity index (χ2n) is 7.36. The smallest absolute Gasteiger partial charge is 0.138 e. The first-order chi connectivity index (χ1) is 10.6. The Bertz CT molecular complexity index is 521. The van der Waals surface area contributed by atoms with E-state index in [1.807, 2.05) is 13.8 Å². The lowest BCUT2D eigenvalue weighted by atomic mass is 9.98. The number of hydrogen-bond acceptors (Lipinski definition) is 5. The Morgan fingerprint density at radius 3 is 2.95 bits per heavy atom. The van der Waals surface area contributed by atoms with Crippen LogP contribution in [0.2, 0.25) is 0 Å². The van der Waals surface area contributed by atoms with E-state index in [1.54, 1.807) is 0 Å². The molecular weight excluding hydrogens is 280 g/mol. The Hall–Kier alpha value is -0.910. The fourth-order valence-electron chi connectivity index (χ4n) is 3.76. The Morgan fingerprint density at radius 2 is 2.23 bits per heavy atom. The van der Waals surface area contributed by atoms with Gasteiger partial charge in [0.2, 0.25) is 0 Å². The summed E-state index contributed by atoms with van der Waals surface area (Å²) in [5.41, 5.74) is 2.26. The summed E-state index contributed by atoms with van der Waals surface area (Å²) < 4.78 is 17.5. The van der Waals surface area contributed by atoms with Gasteiger partial charge in [0, 0.05) is 38.2 Å². The van der Waals surface area contributed by atoms with Crippen molar-refractivity contribution in [1.82, 2.24) is 10.1 Å². The lowest BCUT2D eigenvalue weighted by Gasteiger charge is -2.23. The summed E-state index contributed by atoms with van der Waals surface area (Å²) in [6.07, 6.45) is 5.17. The summed E-state index contributed by atoms with van der Waals surface area (Å²) >= 11 is 0. The molecule has 3 heterocycles. The Morgan fingerprint density at radius 1 is 1.36 bits per heavy atom. The summed E-state index contributed by atoms with van der Waals surface area (Å²) in [4.78, 5) is 2.47. The normalized spacial score (nSPS) is 32.4. The zero-order valence-electron chi connectivity index (χ0n) is 13.6. The number of nitrogens with zero attached hydrogens (tertiary/aromatic N) is 2. The largest absolute Gasteiger partial charge is 0.375 e. The van der Waals surface area contributed by atoms with Crippen LogP contribution in [0, 0.1) is 19.8 Å². The van der Waals surface area contributed by atoms with Crippen LogP contribution in [0.25, 0.3) is 0 Å². The van der Waals surface area contributed by atoms with Crippen molar-refractivity contribution in [3.05, 3.63) is 17.0 Å². The van der Waals surface area contributed by atoms with Gasteiger partial charge in [-0.2, -0.15) is 0 Å². The topological polar surface area (TPSA) is 47.7 Å². The molecule has 3 fully saturated rings. The zero-order chi connectivity index (χ0) is 15.2. The van der Waals surface area contributed by atoms with Crippen LogP contribution in [0.5, 0.6) is 0 Å². The van der Waals surface area contributed by atoms with Gasteiger partial charge < -0.3 is 14.0 Å². The number of likely N-dealkylation sites (tertiary alicyclic amines) is 1. The average molecular weight is 306 g/mol. The highest BCUT2D eigenvalue weighted by molar-refractivity contribution is 5.21. The monoisotopic (exact) mass is 306 g/mol. The van der Waals surface area contributed by atoms with E-state index < -0.39 is 0 Å². The van der Waals surface area contributed by atoms with Gasteiger partial charge in [-0.1, -0.05) is 5.16 Å². The first-order valence-electron chi connectivity index (χ1n) is 8.53. The Labute approximate surface area is 131 Å². The van der Waals surface area contributed by atoms with Crippen LogP contribution >= 0.6 is 0 Å². The molecule has 0 amide bonds. The third kappa shape index (κ3) is 2.94. The zero-order valence-corrected chi connectivity index (χ0v) is 13.6. The first kappa shape index (κ1) is 14.7. The molecule has 122 valence electrons. The third-order valence-electron chi connectivity index (χ3n) is 5.40. The van der Waals surface area contributed by atoms with Gasteiger partial charge in [-0.05, 0) is 39.0 Å². The molecule has 1 saturated carbocycles. The van der Waals surface area contributed by atoms with Crippen molar-refractivity contribution in [2.24, 2.45) is 5.92 Å². The van der Waals surface area contributed by atoms with Crippen molar-refractivity contribution in [3.8, 4) is 0 Å². The summed E-state index contributed by atoms with van der Waals surface area (Å²) in [6.45, 7) is 8.72. The molecule has 0 unspecified atom stereocenters. The van der Waals surface area contributed by atoms with Gasteiger partial charge in [-0.3, -0.25) is 4.90 Å². The van der Waals surface area contributed by atoms with E-state index in [0.717, 1.165) is 63.1 Å². The summed E-state index contributed by atoms with van der Waals surface area (Å²) in [5.74, 6) is 1.77. The van der Waals surface area contributed by atoms with E-state index in [2.05, 4.69) is 10.1 Å². The van der Waals surface area contributed by atoms with Gasteiger partial charge in [-0.25, -0.2) is 0 Å². The number of rotatable bonds is 5. The molecule has 0 N–H and O–H groups in total. The van der Waals surface area contributed by atoms with Crippen molar-refractivity contribution in [2.45, 2.75) is 57.8 Å². The van der Waals surface area contributed by atoms with E-state index in [-0.39, 0.29) is 5.60 Å². The van der Waals surface area contributed by atoms with Crippen molar-refractivity contribution >= 4 is 0 Å². The van der Waals surface area contributed by atoms with Gasteiger partial charge in [0.05, 0.1) is 24.0 Å². The molecule has 2 saturated heterocycles.